The Balaban J connectivity index is 2.18. The van der Waals surface area contributed by atoms with Crippen LogP contribution in [-0.4, -0.2) is 21.3 Å². The number of carboxylic acid groups (broad SMARTS) is 1. The number of rotatable bonds is 4. The zero-order chi connectivity index (χ0) is 13.1. The molecule has 0 atom stereocenters. The molecule has 1 aromatic carbocycles. The van der Waals surface area contributed by atoms with Crippen LogP contribution < -0.4 is 0 Å². The van der Waals surface area contributed by atoms with E-state index in [1.807, 2.05) is 6.07 Å². The summed E-state index contributed by atoms with van der Waals surface area (Å²) in [5.41, 5.74) is 3.50. The van der Waals surface area contributed by atoms with Crippen LogP contribution in [0, 0.1) is 13.8 Å². The Morgan fingerprint density at radius 1 is 1.28 bits per heavy atom. The smallest absolute Gasteiger partial charge is 0.303 e. The lowest BCUT2D eigenvalue weighted by Crippen LogP contribution is -1.96. The van der Waals surface area contributed by atoms with Gasteiger partial charge in [-0.25, -0.2) is 0 Å². The molecule has 0 amide bonds. The van der Waals surface area contributed by atoms with E-state index in [4.69, 9.17) is 5.11 Å². The number of hydrogen-bond donors (Lipinski definition) is 1. The number of aromatic nitrogens is 2. The normalized spacial score (nSPS) is 10.6. The molecule has 1 aromatic heterocycles. The van der Waals surface area contributed by atoms with Gasteiger partial charge >= 0.3 is 5.97 Å². The van der Waals surface area contributed by atoms with E-state index in [-0.39, 0.29) is 6.42 Å². The summed E-state index contributed by atoms with van der Waals surface area (Å²) in [6, 6.07) is 6.16. The van der Waals surface area contributed by atoms with E-state index < -0.39 is 5.97 Å². The monoisotopic (exact) mass is 262 g/mol. The van der Waals surface area contributed by atoms with Gasteiger partial charge in [-0.3, -0.25) is 4.79 Å². The number of aliphatic carboxylic acids is 1. The largest absolute Gasteiger partial charge is 0.481 e. The second kappa shape index (κ2) is 5.27. The Hall–Kier alpha value is -1.75. The van der Waals surface area contributed by atoms with Crippen molar-refractivity contribution >= 4 is 17.3 Å². The molecule has 0 spiro atoms. The summed E-state index contributed by atoms with van der Waals surface area (Å²) in [6.07, 6.45) is 0.541. The number of aryl methyl sites for hydroxylation is 3. The van der Waals surface area contributed by atoms with Gasteiger partial charge in [0.25, 0.3) is 0 Å². The van der Waals surface area contributed by atoms with E-state index >= 15 is 0 Å². The van der Waals surface area contributed by atoms with Crippen molar-refractivity contribution in [3.63, 3.8) is 0 Å². The predicted molar refractivity (Wildman–Crippen MR) is 70.8 cm³/mol. The second-order valence-corrected chi connectivity index (χ2v) is 5.26. The minimum absolute atomic E-state index is 0.0988. The van der Waals surface area contributed by atoms with E-state index in [1.54, 1.807) is 0 Å². The van der Waals surface area contributed by atoms with Gasteiger partial charge in [0.2, 0.25) is 0 Å². The Morgan fingerprint density at radius 2 is 2.06 bits per heavy atom. The van der Waals surface area contributed by atoms with Crippen LogP contribution in [0.5, 0.6) is 0 Å². The van der Waals surface area contributed by atoms with Crippen molar-refractivity contribution in [3.05, 3.63) is 34.3 Å². The van der Waals surface area contributed by atoms with Gasteiger partial charge in [-0.1, -0.05) is 23.5 Å². The number of nitrogens with zero attached hydrogens (tertiary/aromatic N) is 2. The van der Waals surface area contributed by atoms with Gasteiger partial charge in [0, 0.05) is 12.0 Å². The quantitative estimate of drug-likeness (QED) is 0.920. The molecule has 94 valence electrons. The molecule has 18 heavy (non-hydrogen) atoms. The van der Waals surface area contributed by atoms with Gasteiger partial charge in [-0.2, -0.15) is 0 Å². The average Bonchev–Trinajstić information content (AvgIpc) is 2.79. The average molecular weight is 262 g/mol. The molecular weight excluding hydrogens is 248 g/mol. The minimum Gasteiger partial charge on any atom is -0.481 e. The highest BCUT2D eigenvalue weighted by Crippen LogP contribution is 2.25. The molecule has 1 N–H and O–H groups in total. The molecule has 0 fully saturated rings. The highest BCUT2D eigenvalue weighted by atomic mass is 32.1. The Bertz CT molecular complexity index is 578. The number of benzene rings is 1. The fourth-order valence-corrected chi connectivity index (χ4v) is 2.40. The molecular formula is C13H14N2O2S. The Kier molecular flexibility index (Phi) is 3.72. The first-order chi connectivity index (χ1) is 8.56. The zero-order valence-corrected chi connectivity index (χ0v) is 11.1. The lowest BCUT2D eigenvalue weighted by atomic mass is 10.1. The molecule has 0 aliphatic heterocycles. The van der Waals surface area contributed by atoms with Crippen molar-refractivity contribution in [2.45, 2.75) is 26.7 Å². The van der Waals surface area contributed by atoms with E-state index in [2.05, 4.69) is 36.2 Å². The molecule has 0 saturated carbocycles. The number of carbonyl (C=O) groups is 1. The SMILES string of the molecule is Cc1ccc(-c2nnc(CCC(=O)O)s2)cc1C. The molecule has 0 aliphatic carbocycles. The lowest BCUT2D eigenvalue weighted by Gasteiger charge is -2.01. The van der Waals surface area contributed by atoms with E-state index in [1.165, 1.54) is 22.5 Å². The summed E-state index contributed by atoms with van der Waals surface area (Å²) >= 11 is 1.46. The van der Waals surface area contributed by atoms with Gasteiger partial charge in [-0.05, 0) is 31.0 Å². The van der Waals surface area contributed by atoms with Crippen molar-refractivity contribution in [2.24, 2.45) is 0 Å². The molecule has 0 saturated heterocycles. The molecule has 1 heterocycles. The molecule has 2 rings (SSSR count). The van der Waals surface area contributed by atoms with Crippen molar-refractivity contribution in [1.29, 1.82) is 0 Å². The van der Waals surface area contributed by atoms with Crippen molar-refractivity contribution < 1.29 is 9.90 Å². The van der Waals surface area contributed by atoms with Crippen molar-refractivity contribution in [2.75, 3.05) is 0 Å². The minimum atomic E-state index is -0.807. The third-order valence-electron chi connectivity index (χ3n) is 2.77. The van der Waals surface area contributed by atoms with Crippen LogP contribution in [0.1, 0.15) is 22.6 Å². The standard InChI is InChI=1S/C13H14N2O2S/c1-8-3-4-10(7-9(8)2)13-15-14-11(18-13)5-6-12(16)17/h3-4,7H,5-6H2,1-2H3,(H,16,17). The highest BCUT2D eigenvalue weighted by molar-refractivity contribution is 7.14. The molecule has 0 aliphatic rings. The number of carboxylic acids is 1. The maximum absolute atomic E-state index is 10.5. The third kappa shape index (κ3) is 2.92. The fraction of sp³-hybridized carbons (Fsp3) is 0.308. The van der Waals surface area contributed by atoms with Crippen molar-refractivity contribution in [1.82, 2.24) is 10.2 Å². The van der Waals surface area contributed by atoms with E-state index in [0.717, 1.165) is 15.6 Å². The predicted octanol–water partition coefficient (Wildman–Crippen LogP) is 2.84. The second-order valence-electron chi connectivity index (χ2n) is 4.19. The van der Waals surface area contributed by atoms with Gasteiger partial charge in [0.1, 0.15) is 10.0 Å². The van der Waals surface area contributed by atoms with Gasteiger partial charge in [0.05, 0.1) is 6.42 Å². The number of hydrogen-bond acceptors (Lipinski definition) is 4. The summed E-state index contributed by atoms with van der Waals surface area (Å²) in [5.74, 6) is -0.807. The first-order valence-electron chi connectivity index (χ1n) is 5.68. The van der Waals surface area contributed by atoms with Gasteiger partial charge in [-0.15, -0.1) is 10.2 Å². The van der Waals surface area contributed by atoms with Crippen molar-refractivity contribution in [3.8, 4) is 10.6 Å². The highest BCUT2D eigenvalue weighted by Gasteiger charge is 2.08. The maximum atomic E-state index is 10.5. The summed E-state index contributed by atoms with van der Waals surface area (Å²) in [5, 5.41) is 18.4. The van der Waals surface area contributed by atoms with Gasteiger partial charge in [0.15, 0.2) is 0 Å². The Morgan fingerprint density at radius 3 is 2.72 bits per heavy atom. The summed E-state index contributed by atoms with van der Waals surface area (Å²) in [7, 11) is 0. The van der Waals surface area contributed by atoms with Crippen LogP contribution in [0.2, 0.25) is 0 Å². The zero-order valence-electron chi connectivity index (χ0n) is 10.3. The van der Waals surface area contributed by atoms with Crippen LogP contribution in [0.4, 0.5) is 0 Å². The third-order valence-corrected chi connectivity index (χ3v) is 3.81. The summed E-state index contributed by atoms with van der Waals surface area (Å²) in [4.78, 5) is 10.5. The van der Waals surface area contributed by atoms with Crippen LogP contribution in [0.3, 0.4) is 0 Å². The van der Waals surface area contributed by atoms with Crippen LogP contribution in [0.15, 0.2) is 18.2 Å². The topological polar surface area (TPSA) is 63.1 Å². The summed E-state index contributed by atoms with van der Waals surface area (Å²) in [6.45, 7) is 4.13. The van der Waals surface area contributed by atoms with Crippen LogP contribution in [-0.2, 0) is 11.2 Å². The molecule has 4 nitrogen and oxygen atoms in total. The van der Waals surface area contributed by atoms with Crippen LogP contribution in [0.25, 0.3) is 10.6 Å². The van der Waals surface area contributed by atoms with E-state index in [9.17, 15) is 4.79 Å². The molecule has 0 unspecified atom stereocenters. The first-order valence-corrected chi connectivity index (χ1v) is 6.49. The molecule has 0 radical (unpaired) electrons. The fourth-order valence-electron chi connectivity index (χ4n) is 1.56. The summed E-state index contributed by atoms with van der Waals surface area (Å²) < 4.78 is 0. The molecule has 0 bridgehead atoms. The maximum Gasteiger partial charge on any atom is 0.303 e. The van der Waals surface area contributed by atoms with E-state index in [0.29, 0.717) is 6.42 Å². The molecule has 2 aromatic rings. The first kappa shape index (κ1) is 12.7. The van der Waals surface area contributed by atoms with Gasteiger partial charge < -0.3 is 5.11 Å². The molecule has 5 heteroatoms. The Labute approximate surface area is 109 Å². The van der Waals surface area contributed by atoms with Crippen LogP contribution >= 0.6 is 11.3 Å². The lowest BCUT2D eigenvalue weighted by molar-refractivity contribution is -0.136.